The molecule has 0 fully saturated rings. The predicted octanol–water partition coefficient (Wildman–Crippen LogP) is 1.14. The molecule has 1 aliphatic rings. The van der Waals surface area contributed by atoms with Crippen LogP contribution in [0.4, 0.5) is 11.6 Å². The van der Waals surface area contributed by atoms with Crippen molar-refractivity contribution >= 4 is 41.7 Å². The van der Waals surface area contributed by atoms with E-state index < -0.39 is 35.5 Å². The Morgan fingerprint density at radius 3 is 2.55 bits per heavy atom. The minimum Gasteiger partial charge on any atom is -0.481 e. The summed E-state index contributed by atoms with van der Waals surface area (Å²) in [6, 6.07) is 2.93. The molecule has 178 valence electrons. The minimum absolute atomic E-state index is 0.0705. The highest BCUT2D eigenvalue weighted by Crippen LogP contribution is 2.33. The summed E-state index contributed by atoms with van der Waals surface area (Å²) in [7, 11) is 0. The Hall–Kier alpha value is -3.85. The second-order valence-corrected chi connectivity index (χ2v) is 8.40. The molecule has 12 nitrogen and oxygen atoms in total. The largest absolute Gasteiger partial charge is 0.481 e. The first kappa shape index (κ1) is 25.4. The van der Waals surface area contributed by atoms with Gasteiger partial charge in [-0.05, 0) is 12.5 Å². The predicted molar refractivity (Wildman–Crippen MR) is 117 cm³/mol. The van der Waals surface area contributed by atoms with E-state index in [4.69, 9.17) is 10.2 Å². The summed E-state index contributed by atoms with van der Waals surface area (Å²) in [6.45, 7) is 5.31. The van der Waals surface area contributed by atoms with E-state index in [9.17, 15) is 24.3 Å². The molecule has 0 saturated heterocycles. The van der Waals surface area contributed by atoms with Gasteiger partial charge in [0.1, 0.15) is 24.0 Å². The molecule has 0 aromatic carbocycles. The summed E-state index contributed by atoms with van der Waals surface area (Å²) in [6.07, 6.45) is -0.493. The third-order valence-corrected chi connectivity index (χ3v) is 4.57. The van der Waals surface area contributed by atoms with Crippen molar-refractivity contribution in [3.8, 4) is 12.0 Å². The number of aromatic amines is 1. The highest BCUT2D eigenvalue weighted by Gasteiger charge is 2.26. The van der Waals surface area contributed by atoms with Crippen molar-refractivity contribution in [1.82, 2.24) is 15.2 Å². The van der Waals surface area contributed by atoms with Crippen LogP contribution in [0.2, 0.25) is 0 Å². The zero-order valence-corrected chi connectivity index (χ0v) is 18.5. The van der Waals surface area contributed by atoms with Crippen molar-refractivity contribution in [3.05, 3.63) is 11.6 Å². The normalized spacial score (nSPS) is 15.6. The van der Waals surface area contributed by atoms with E-state index in [0.29, 0.717) is 17.2 Å². The second kappa shape index (κ2) is 10.6. The number of amides is 2. The standard InChI is InChI=1S/C21H27N5O7/c1-21(2,3)20(33)25-14-10-12-17(24-14)22-11-26(18(12)30)9-5-4-6-15(27)23-13(19(31)32)7-8-16(28)29/h10-11,13,18,24,30H,4,6-8H2,1-3H3,(H,23,27)(H,25,33)(H,28,29)(H,31,32)/t13-,18?/m1/s1. The summed E-state index contributed by atoms with van der Waals surface area (Å²) in [5.41, 5.74) is -0.186. The van der Waals surface area contributed by atoms with Gasteiger partial charge in [0.2, 0.25) is 11.8 Å². The molecule has 2 amide bonds. The SMILES string of the molecule is CC(C)(C)C(=O)Nc1cc2c([nH]1)N=CN(C#CCCC(=O)N[C@H](CCC(=O)O)C(=O)O)C2O. The highest BCUT2D eigenvalue weighted by molar-refractivity contribution is 5.94. The Balaban J connectivity index is 1.91. The number of aliphatic imine (C=N–C) groups is 1. The number of aromatic nitrogens is 1. The zero-order chi connectivity index (χ0) is 24.8. The molecule has 1 aromatic heterocycles. The third kappa shape index (κ3) is 7.36. The number of aliphatic hydroxyl groups excluding tert-OH is 1. The molecule has 0 spiro atoms. The fourth-order valence-electron chi connectivity index (χ4n) is 2.68. The number of hydrogen-bond acceptors (Lipinski definition) is 7. The first-order valence-corrected chi connectivity index (χ1v) is 10.2. The minimum atomic E-state index is -1.32. The van der Waals surface area contributed by atoms with E-state index in [1.54, 1.807) is 26.8 Å². The van der Waals surface area contributed by atoms with E-state index >= 15 is 0 Å². The molecule has 2 atom stereocenters. The Bertz CT molecular complexity index is 1010. The molecule has 6 N–H and O–H groups in total. The number of H-pyrrole nitrogens is 1. The number of carboxylic acids is 2. The number of aliphatic carboxylic acids is 2. The van der Waals surface area contributed by atoms with Crippen molar-refractivity contribution in [1.29, 1.82) is 0 Å². The lowest BCUT2D eigenvalue weighted by molar-refractivity contribution is -0.143. The van der Waals surface area contributed by atoms with E-state index in [-0.39, 0.29) is 31.6 Å². The Morgan fingerprint density at radius 1 is 1.24 bits per heavy atom. The van der Waals surface area contributed by atoms with Crippen molar-refractivity contribution < 1.29 is 34.5 Å². The van der Waals surface area contributed by atoms with Gasteiger partial charge in [0, 0.05) is 36.3 Å². The van der Waals surface area contributed by atoms with Crippen LogP contribution < -0.4 is 10.6 Å². The average molecular weight is 461 g/mol. The van der Waals surface area contributed by atoms with E-state index in [1.807, 2.05) is 0 Å². The number of carbonyl (C=O) groups excluding carboxylic acids is 2. The van der Waals surface area contributed by atoms with Crippen molar-refractivity contribution in [2.45, 2.75) is 58.7 Å². The van der Waals surface area contributed by atoms with Crippen LogP contribution in [0.25, 0.3) is 0 Å². The molecule has 0 radical (unpaired) electrons. The smallest absolute Gasteiger partial charge is 0.326 e. The third-order valence-electron chi connectivity index (χ3n) is 4.57. The molecule has 12 heteroatoms. The number of nitrogens with zero attached hydrogens (tertiary/aromatic N) is 2. The topological polar surface area (TPSA) is 184 Å². The van der Waals surface area contributed by atoms with Crippen LogP contribution in [0, 0.1) is 17.4 Å². The number of anilines is 1. The molecular formula is C21H27N5O7. The first-order chi connectivity index (χ1) is 15.4. The summed E-state index contributed by atoms with van der Waals surface area (Å²) < 4.78 is 0. The monoisotopic (exact) mass is 461 g/mol. The van der Waals surface area contributed by atoms with Crippen molar-refractivity contribution in [2.75, 3.05) is 5.32 Å². The van der Waals surface area contributed by atoms with Crippen LogP contribution in [0.1, 0.15) is 58.2 Å². The molecule has 2 heterocycles. The number of hydrogen-bond donors (Lipinski definition) is 6. The van der Waals surface area contributed by atoms with Crippen LogP contribution in [-0.4, -0.2) is 61.3 Å². The van der Waals surface area contributed by atoms with Crippen molar-refractivity contribution in [2.24, 2.45) is 10.4 Å². The molecule has 0 aliphatic carbocycles. The fraction of sp³-hybridized carbons (Fsp3) is 0.476. The Kier molecular flexibility index (Phi) is 8.20. The zero-order valence-electron chi connectivity index (χ0n) is 18.5. The quantitative estimate of drug-likeness (QED) is 0.311. The number of carboxylic acid groups (broad SMARTS) is 2. The van der Waals surface area contributed by atoms with Gasteiger partial charge in [0.25, 0.3) is 0 Å². The summed E-state index contributed by atoms with van der Waals surface area (Å²) in [5.74, 6) is 0.210. The van der Waals surface area contributed by atoms with Gasteiger partial charge in [0.05, 0.1) is 0 Å². The number of nitrogens with one attached hydrogen (secondary N) is 3. The first-order valence-electron chi connectivity index (χ1n) is 10.2. The van der Waals surface area contributed by atoms with Gasteiger partial charge < -0.3 is 30.9 Å². The molecule has 1 aromatic rings. The molecule has 0 saturated carbocycles. The molecule has 1 unspecified atom stereocenters. The van der Waals surface area contributed by atoms with Crippen LogP contribution in [0.15, 0.2) is 11.1 Å². The summed E-state index contributed by atoms with van der Waals surface area (Å²) in [4.78, 5) is 54.1. The highest BCUT2D eigenvalue weighted by atomic mass is 16.4. The molecular weight excluding hydrogens is 434 g/mol. The van der Waals surface area contributed by atoms with E-state index in [1.165, 1.54) is 11.2 Å². The number of aliphatic hydroxyl groups is 1. The van der Waals surface area contributed by atoms with Crippen LogP contribution in [0.3, 0.4) is 0 Å². The van der Waals surface area contributed by atoms with Gasteiger partial charge in [-0.15, -0.1) is 0 Å². The maximum absolute atomic E-state index is 12.1. The molecule has 2 rings (SSSR count). The molecule has 0 bridgehead atoms. The molecule has 33 heavy (non-hydrogen) atoms. The van der Waals surface area contributed by atoms with E-state index in [2.05, 4.69) is 32.6 Å². The average Bonchev–Trinajstić information content (AvgIpc) is 3.12. The van der Waals surface area contributed by atoms with Crippen LogP contribution in [0.5, 0.6) is 0 Å². The van der Waals surface area contributed by atoms with Gasteiger partial charge in [-0.25, -0.2) is 9.79 Å². The Morgan fingerprint density at radius 2 is 1.94 bits per heavy atom. The van der Waals surface area contributed by atoms with Gasteiger partial charge in [-0.3, -0.25) is 19.3 Å². The summed E-state index contributed by atoms with van der Waals surface area (Å²) >= 11 is 0. The maximum atomic E-state index is 12.1. The van der Waals surface area contributed by atoms with Gasteiger partial charge >= 0.3 is 11.9 Å². The van der Waals surface area contributed by atoms with E-state index in [0.717, 1.165) is 0 Å². The van der Waals surface area contributed by atoms with Crippen LogP contribution in [-0.2, 0) is 19.2 Å². The lowest BCUT2D eigenvalue weighted by Crippen LogP contribution is -2.41. The number of rotatable bonds is 8. The number of fused-ring (bicyclic) bond motifs is 1. The molecule has 1 aliphatic heterocycles. The maximum Gasteiger partial charge on any atom is 0.326 e. The van der Waals surface area contributed by atoms with Gasteiger partial charge in [0.15, 0.2) is 6.23 Å². The van der Waals surface area contributed by atoms with Gasteiger partial charge in [-0.2, -0.15) is 0 Å². The van der Waals surface area contributed by atoms with Crippen LogP contribution >= 0.6 is 0 Å². The summed E-state index contributed by atoms with van der Waals surface area (Å²) in [5, 5.41) is 33.2. The fourth-order valence-corrected chi connectivity index (χ4v) is 2.68. The second-order valence-electron chi connectivity index (χ2n) is 8.40. The number of carbonyl (C=O) groups is 4. The van der Waals surface area contributed by atoms with Crippen molar-refractivity contribution in [3.63, 3.8) is 0 Å². The Labute approximate surface area is 190 Å². The lowest BCUT2D eigenvalue weighted by Gasteiger charge is -2.22. The lowest BCUT2D eigenvalue weighted by atomic mass is 9.96. The van der Waals surface area contributed by atoms with Gasteiger partial charge in [-0.1, -0.05) is 26.7 Å².